The lowest BCUT2D eigenvalue weighted by Gasteiger charge is -2.04. The molecule has 1 N–H and O–H groups in total. The number of nitrogens with one attached hydrogen (secondary N) is 1. The summed E-state index contributed by atoms with van der Waals surface area (Å²) in [6, 6.07) is 21.7. The molecule has 0 unspecified atom stereocenters. The predicted molar refractivity (Wildman–Crippen MR) is 95.8 cm³/mol. The van der Waals surface area contributed by atoms with Gasteiger partial charge in [-0.3, -0.25) is 4.79 Å². The van der Waals surface area contributed by atoms with E-state index in [1.807, 2.05) is 66.7 Å². The highest BCUT2D eigenvalue weighted by Crippen LogP contribution is 2.19. The minimum absolute atomic E-state index is 0.143. The van der Waals surface area contributed by atoms with Gasteiger partial charge in [-0.15, -0.1) is 0 Å². The van der Waals surface area contributed by atoms with E-state index < -0.39 is 0 Å². The van der Waals surface area contributed by atoms with E-state index in [9.17, 15) is 4.79 Å². The summed E-state index contributed by atoms with van der Waals surface area (Å²) in [5.41, 5.74) is 1.77. The van der Waals surface area contributed by atoms with Gasteiger partial charge in [-0.25, -0.2) is 0 Å². The van der Waals surface area contributed by atoms with E-state index in [-0.39, 0.29) is 5.91 Å². The van der Waals surface area contributed by atoms with Crippen molar-refractivity contribution in [1.29, 1.82) is 0 Å². The number of rotatable bonds is 3. The Morgan fingerprint density at radius 3 is 2.55 bits per heavy atom. The van der Waals surface area contributed by atoms with Gasteiger partial charge in [0.05, 0.1) is 0 Å². The zero-order valence-electron chi connectivity index (χ0n) is 11.8. The first kappa shape index (κ1) is 14.5. The van der Waals surface area contributed by atoms with E-state index in [1.165, 1.54) is 6.08 Å². The lowest BCUT2D eigenvalue weighted by atomic mass is 10.1. The standard InChI is InChI=1S/C19H14BrNO/c20-17-7-3-4-14(12-17)8-11-19(22)21-18-10-9-15-5-1-2-6-16(15)13-18/h1-13H,(H,21,22)/b11-8+. The molecule has 0 aromatic heterocycles. The van der Waals surface area contributed by atoms with Crippen LogP contribution in [0.15, 0.2) is 77.3 Å². The van der Waals surface area contributed by atoms with Gasteiger partial charge in [-0.2, -0.15) is 0 Å². The van der Waals surface area contributed by atoms with Crippen molar-refractivity contribution >= 4 is 44.4 Å². The summed E-state index contributed by atoms with van der Waals surface area (Å²) in [7, 11) is 0. The Morgan fingerprint density at radius 2 is 1.73 bits per heavy atom. The quantitative estimate of drug-likeness (QED) is 0.641. The lowest BCUT2D eigenvalue weighted by molar-refractivity contribution is -0.111. The molecule has 0 radical (unpaired) electrons. The van der Waals surface area contributed by atoms with Crippen LogP contribution in [0.3, 0.4) is 0 Å². The van der Waals surface area contributed by atoms with Crippen molar-refractivity contribution in [3.8, 4) is 0 Å². The molecule has 0 aliphatic rings. The number of carbonyl (C=O) groups excluding carboxylic acids is 1. The summed E-state index contributed by atoms with van der Waals surface area (Å²) in [4.78, 5) is 12.0. The van der Waals surface area contributed by atoms with Crippen molar-refractivity contribution in [3.05, 3.63) is 82.8 Å². The fourth-order valence-electron chi connectivity index (χ4n) is 2.23. The Bertz CT molecular complexity index is 855. The summed E-state index contributed by atoms with van der Waals surface area (Å²) in [5, 5.41) is 5.15. The molecule has 0 heterocycles. The van der Waals surface area contributed by atoms with Crippen LogP contribution in [0.25, 0.3) is 16.8 Å². The highest BCUT2D eigenvalue weighted by Gasteiger charge is 1.99. The first-order valence-corrected chi connectivity index (χ1v) is 7.73. The Balaban J connectivity index is 1.72. The molecule has 0 spiro atoms. The minimum Gasteiger partial charge on any atom is -0.322 e. The molecule has 1 amide bonds. The molecule has 0 bridgehead atoms. The normalized spacial score (nSPS) is 11.0. The molecule has 2 nitrogen and oxygen atoms in total. The second-order valence-corrected chi connectivity index (χ2v) is 5.86. The smallest absolute Gasteiger partial charge is 0.248 e. The molecule has 3 aromatic rings. The Morgan fingerprint density at radius 1 is 0.909 bits per heavy atom. The molecule has 0 saturated carbocycles. The molecule has 0 aliphatic carbocycles. The van der Waals surface area contributed by atoms with E-state index in [4.69, 9.17) is 0 Å². The first-order chi connectivity index (χ1) is 10.7. The average Bonchev–Trinajstić information content (AvgIpc) is 2.53. The van der Waals surface area contributed by atoms with Crippen molar-refractivity contribution < 1.29 is 4.79 Å². The Kier molecular flexibility index (Phi) is 4.35. The molecule has 3 aromatic carbocycles. The Hall–Kier alpha value is -2.39. The third kappa shape index (κ3) is 3.62. The number of carbonyl (C=O) groups is 1. The predicted octanol–water partition coefficient (Wildman–Crippen LogP) is 5.25. The van der Waals surface area contributed by atoms with Crippen LogP contribution in [-0.2, 0) is 4.79 Å². The monoisotopic (exact) mass is 351 g/mol. The number of fused-ring (bicyclic) bond motifs is 1. The second-order valence-electron chi connectivity index (χ2n) is 4.94. The molecule has 0 aliphatic heterocycles. The first-order valence-electron chi connectivity index (χ1n) is 6.94. The fourth-order valence-corrected chi connectivity index (χ4v) is 2.65. The molecule has 0 fully saturated rings. The van der Waals surface area contributed by atoms with Crippen LogP contribution < -0.4 is 5.32 Å². The van der Waals surface area contributed by atoms with E-state index in [0.717, 1.165) is 26.5 Å². The molecule has 3 rings (SSSR count). The number of hydrogen-bond acceptors (Lipinski definition) is 1. The summed E-state index contributed by atoms with van der Waals surface area (Å²) >= 11 is 3.41. The van der Waals surface area contributed by atoms with Crippen molar-refractivity contribution in [2.45, 2.75) is 0 Å². The van der Waals surface area contributed by atoms with Gasteiger partial charge in [-0.05, 0) is 46.7 Å². The van der Waals surface area contributed by atoms with E-state index in [2.05, 4.69) is 21.2 Å². The molecule has 0 atom stereocenters. The maximum absolute atomic E-state index is 12.0. The average molecular weight is 352 g/mol. The number of amides is 1. The van der Waals surface area contributed by atoms with Gasteiger partial charge in [0.25, 0.3) is 0 Å². The maximum Gasteiger partial charge on any atom is 0.248 e. The van der Waals surface area contributed by atoms with Crippen LogP contribution in [0, 0.1) is 0 Å². The highest BCUT2D eigenvalue weighted by atomic mass is 79.9. The largest absolute Gasteiger partial charge is 0.322 e. The highest BCUT2D eigenvalue weighted by molar-refractivity contribution is 9.10. The van der Waals surface area contributed by atoms with Crippen LogP contribution in [0.4, 0.5) is 5.69 Å². The molecule has 108 valence electrons. The summed E-state index contributed by atoms with van der Waals surface area (Å²) < 4.78 is 0.990. The fraction of sp³-hybridized carbons (Fsp3) is 0. The zero-order valence-corrected chi connectivity index (χ0v) is 13.4. The topological polar surface area (TPSA) is 29.1 Å². The van der Waals surface area contributed by atoms with Crippen LogP contribution in [0.5, 0.6) is 0 Å². The van der Waals surface area contributed by atoms with Gasteiger partial charge >= 0.3 is 0 Å². The number of hydrogen-bond donors (Lipinski definition) is 1. The third-order valence-corrected chi connectivity index (χ3v) is 3.79. The van der Waals surface area contributed by atoms with Crippen LogP contribution in [-0.4, -0.2) is 5.91 Å². The SMILES string of the molecule is O=C(/C=C/c1cccc(Br)c1)Nc1ccc2ccccc2c1. The molecule has 0 saturated heterocycles. The van der Waals surface area contributed by atoms with Gasteiger partial charge in [0.2, 0.25) is 5.91 Å². The van der Waals surface area contributed by atoms with Gasteiger partial charge in [0.1, 0.15) is 0 Å². The summed E-state index contributed by atoms with van der Waals surface area (Å²) in [6.45, 7) is 0. The van der Waals surface area contributed by atoms with Crippen molar-refractivity contribution in [3.63, 3.8) is 0 Å². The van der Waals surface area contributed by atoms with Gasteiger partial charge < -0.3 is 5.32 Å². The summed E-state index contributed by atoms with van der Waals surface area (Å²) in [6.07, 6.45) is 3.33. The van der Waals surface area contributed by atoms with E-state index >= 15 is 0 Å². The van der Waals surface area contributed by atoms with Crippen LogP contribution >= 0.6 is 15.9 Å². The van der Waals surface area contributed by atoms with Crippen molar-refractivity contribution in [2.24, 2.45) is 0 Å². The van der Waals surface area contributed by atoms with E-state index in [0.29, 0.717) is 0 Å². The van der Waals surface area contributed by atoms with Crippen molar-refractivity contribution in [1.82, 2.24) is 0 Å². The zero-order chi connectivity index (χ0) is 15.4. The maximum atomic E-state index is 12.0. The third-order valence-electron chi connectivity index (χ3n) is 3.29. The lowest BCUT2D eigenvalue weighted by Crippen LogP contribution is -2.07. The van der Waals surface area contributed by atoms with Crippen LogP contribution in [0.1, 0.15) is 5.56 Å². The summed E-state index contributed by atoms with van der Waals surface area (Å²) in [5.74, 6) is -0.143. The second kappa shape index (κ2) is 6.58. The van der Waals surface area contributed by atoms with E-state index in [1.54, 1.807) is 6.08 Å². The molecule has 3 heteroatoms. The number of anilines is 1. The van der Waals surface area contributed by atoms with Gasteiger partial charge in [-0.1, -0.05) is 58.4 Å². The van der Waals surface area contributed by atoms with Crippen LogP contribution in [0.2, 0.25) is 0 Å². The van der Waals surface area contributed by atoms with Crippen molar-refractivity contribution in [2.75, 3.05) is 5.32 Å². The number of benzene rings is 3. The number of halogens is 1. The minimum atomic E-state index is -0.143. The molecule has 22 heavy (non-hydrogen) atoms. The molecular weight excluding hydrogens is 338 g/mol. The Labute approximate surface area is 137 Å². The van der Waals surface area contributed by atoms with Gasteiger partial charge in [0, 0.05) is 16.2 Å². The molecular formula is C19H14BrNO. The van der Waals surface area contributed by atoms with Gasteiger partial charge in [0.15, 0.2) is 0 Å².